The number of esters is 1. The van der Waals surface area contributed by atoms with Crippen LogP contribution in [0.2, 0.25) is 0 Å². The number of hydrogen-bond donors (Lipinski definition) is 1. The summed E-state index contributed by atoms with van der Waals surface area (Å²) in [6.45, 7) is -0.184. The van der Waals surface area contributed by atoms with Gasteiger partial charge in [-0.05, 0) is 35.9 Å². The van der Waals surface area contributed by atoms with E-state index < -0.39 is 23.4 Å². The molecule has 3 aromatic carbocycles. The molecule has 9 nitrogen and oxygen atoms in total. The van der Waals surface area contributed by atoms with Crippen molar-refractivity contribution in [3.05, 3.63) is 94.0 Å². The number of hydrogen-bond acceptors (Lipinski definition) is 7. The van der Waals surface area contributed by atoms with E-state index in [1.807, 2.05) is 30.3 Å². The van der Waals surface area contributed by atoms with E-state index in [-0.39, 0.29) is 22.7 Å². The van der Waals surface area contributed by atoms with Gasteiger partial charge in [-0.25, -0.2) is 4.79 Å². The number of benzene rings is 3. The maximum absolute atomic E-state index is 12.2. The van der Waals surface area contributed by atoms with Gasteiger partial charge in [-0.3, -0.25) is 14.9 Å². The topological polar surface area (TPSA) is 117 Å². The molecule has 0 atom stereocenters. The second kappa shape index (κ2) is 10.6. The largest absolute Gasteiger partial charge is 0.494 e. The molecule has 0 aromatic heterocycles. The Labute approximate surface area is 183 Å². The molecule has 0 saturated carbocycles. The summed E-state index contributed by atoms with van der Waals surface area (Å²) >= 11 is 0. The maximum atomic E-state index is 12.2. The van der Waals surface area contributed by atoms with Gasteiger partial charge >= 0.3 is 5.97 Å². The lowest BCUT2D eigenvalue weighted by atomic mass is 10.1. The second-order valence-electron chi connectivity index (χ2n) is 6.56. The van der Waals surface area contributed by atoms with Gasteiger partial charge in [0, 0.05) is 6.07 Å². The SMILES string of the molecule is COc1cc([N+](=O)[O-])ccc1NC(=O)COC(=O)c1ccc(COc2ccccc2)cc1. The van der Waals surface area contributed by atoms with Crippen LogP contribution in [0.25, 0.3) is 0 Å². The molecule has 0 heterocycles. The third kappa shape index (κ3) is 6.05. The number of para-hydroxylation sites is 1. The number of nitro groups is 1. The summed E-state index contributed by atoms with van der Waals surface area (Å²) in [5.41, 5.74) is 1.20. The zero-order valence-corrected chi connectivity index (χ0v) is 17.1. The average Bonchev–Trinajstić information content (AvgIpc) is 2.82. The first kappa shape index (κ1) is 22.3. The van der Waals surface area contributed by atoms with Crippen LogP contribution in [0.15, 0.2) is 72.8 Å². The molecule has 164 valence electrons. The smallest absolute Gasteiger partial charge is 0.338 e. The summed E-state index contributed by atoms with van der Waals surface area (Å²) in [6, 6.07) is 19.8. The Bertz CT molecular complexity index is 1100. The van der Waals surface area contributed by atoms with Gasteiger partial charge < -0.3 is 19.5 Å². The minimum atomic E-state index is -0.661. The Morgan fingerprint density at radius 2 is 1.72 bits per heavy atom. The summed E-state index contributed by atoms with van der Waals surface area (Å²) in [5, 5.41) is 13.3. The van der Waals surface area contributed by atoms with E-state index in [0.717, 1.165) is 11.3 Å². The third-order valence-electron chi connectivity index (χ3n) is 4.34. The first-order valence-electron chi connectivity index (χ1n) is 9.52. The number of carbonyl (C=O) groups excluding carboxylic acids is 2. The van der Waals surface area contributed by atoms with Gasteiger partial charge in [-0.1, -0.05) is 30.3 Å². The average molecular weight is 436 g/mol. The van der Waals surface area contributed by atoms with Crippen LogP contribution in [0, 0.1) is 10.1 Å². The van der Waals surface area contributed by atoms with Gasteiger partial charge in [0.25, 0.3) is 11.6 Å². The fraction of sp³-hybridized carbons (Fsp3) is 0.130. The molecular formula is C23H20N2O7. The van der Waals surface area contributed by atoms with Crippen LogP contribution in [-0.4, -0.2) is 30.5 Å². The number of anilines is 1. The van der Waals surface area contributed by atoms with Gasteiger partial charge in [-0.2, -0.15) is 0 Å². The molecule has 0 aliphatic carbocycles. The Balaban J connectivity index is 1.50. The predicted molar refractivity (Wildman–Crippen MR) is 116 cm³/mol. The highest BCUT2D eigenvalue weighted by atomic mass is 16.6. The van der Waals surface area contributed by atoms with Crippen LogP contribution in [0.3, 0.4) is 0 Å². The molecule has 0 aliphatic rings. The maximum Gasteiger partial charge on any atom is 0.338 e. The lowest BCUT2D eigenvalue weighted by molar-refractivity contribution is -0.384. The number of non-ortho nitro benzene ring substituents is 1. The molecule has 3 aromatic rings. The summed E-state index contributed by atoms with van der Waals surface area (Å²) in [4.78, 5) is 34.6. The summed E-state index contributed by atoms with van der Waals surface area (Å²) < 4.78 is 15.7. The van der Waals surface area contributed by atoms with E-state index >= 15 is 0 Å². The van der Waals surface area contributed by atoms with Crippen molar-refractivity contribution in [1.82, 2.24) is 0 Å². The minimum Gasteiger partial charge on any atom is -0.494 e. The first-order valence-corrected chi connectivity index (χ1v) is 9.52. The monoisotopic (exact) mass is 436 g/mol. The van der Waals surface area contributed by atoms with Crippen LogP contribution in [0.4, 0.5) is 11.4 Å². The van der Waals surface area contributed by atoms with E-state index in [9.17, 15) is 19.7 Å². The number of nitro benzene ring substituents is 1. The van der Waals surface area contributed by atoms with Crippen LogP contribution < -0.4 is 14.8 Å². The summed E-state index contributed by atoms with van der Waals surface area (Å²) in [6.07, 6.45) is 0. The van der Waals surface area contributed by atoms with Crippen molar-refractivity contribution < 1.29 is 28.7 Å². The molecule has 0 saturated heterocycles. The number of methoxy groups -OCH3 is 1. The molecule has 0 radical (unpaired) electrons. The Morgan fingerprint density at radius 3 is 2.38 bits per heavy atom. The van der Waals surface area contributed by atoms with Gasteiger partial charge in [0.1, 0.15) is 18.1 Å². The van der Waals surface area contributed by atoms with Crippen LogP contribution in [0.1, 0.15) is 15.9 Å². The third-order valence-corrected chi connectivity index (χ3v) is 4.34. The number of amides is 1. The number of nitrogens with one attached hydrogen (secondary N) is 1. The fourth-order valence-corrected chi connectivity index (χ4v) is 2.72. The molecule has 0 bridgehead atoms. The highest BCUT2D eigenvalue weighted by molar-refractivity contribution is 5.96. The molecule has 0 unspecified atom stereocenters. The number of rotatable bonds is 9. The molecule has 9 heteroatoms. The Hall–Kier alpha value is -4.40. The van der Waals surface area contributed by atoms with Crippen molar-refractivity contribution >= 4 is 23.3 Å². The number of nitrogens with zero attached hydrogens (tertiary/aromatic N) is 1. The normalized spacial score (nSPS) is 10.2. The van der Waals surface area contributed by atoms with Gasteiger partial charge in [0.05, 0.1) is 29.4 Å². The van der Waals surface area contributed by atoms with Gasteiger partial charge in [0.2, 0.25) is 0 Å². The van der Waals surface area contributed by atoms with Crippen LogP contribution >= 0.6 is 0 Å². The fourth-order valence-electron chi connectivity index (χ4n) is 2.72. The zero-order chi connectivity index (χ0) is 22.9. The molecule has 0 fully saturated rings. The highest BCUT2D eigenvalue weighted by Crippen LogP contribution is 2.28. The van der Waals surface area contributed by atoms with E-state index in [1.165, 1.54) is 25.3 Å². The van der Waals surface area contributed by atoms with Crippen molar-refractivity contribution in [1.29, 1.82) is 0 Å². The molecule has 0 spiro atoms. The molecular weight excluding hydrogens is 416 g/mol. The molecule has 1 amide bonds. The minimum absolute atomic E-state index is 0.118. The van der Waals surface area contributed by atoms with Crippen molar-refractivity contribution in [2.45, 2.75) is 6.61 Å². The second-order valence-corrected chi connectivity index (χ2v) is 6.56. The van der Waals surface area contributed by atoms with E-state index in [0.29, 0.717) is 6.61 Å². The van der Waals surface area contributed by atoms with Crippen LogP contribution in [-0.2, 0) is 16.1 Å². The van der Waals surface area contributed by atoms with Crippen LogP contribution in [0.5, 0.6) is 11.5 Å². The lowest BCUT2D eigenvalue weighted by Gasteiger charge is -2.10. The Kier molecular flexibility index (Phi) is 7.37. The summed E-state index contributed by atoms with van der Waals surface area (Å²) in [5.74, 6) is -0.413. The Morgan fingerprint density at radius 1 is 1.00 bits per heavy atom. The van der Waals surface area contributed by atoms with Crippen molar-refractivity contribution in [3.63, 3.8) is 0 Å². The molecule has 1 N–H and O–H groups in total. The van der Waals surface area contributed by atoms with Gasteiger partial charge in [-0.15, -0.1) is 0 Å². The van der Waals surface area contributed by atoms with Crippen molar-refractivity contribution in [2.75, 3.05) is 19.0 Å². The van der Waals surface area contributed by atoms with E-state index in [1.54, 1.807) is 24.3 Å². The lowest BCUT2D eigenvalue weighted by Crippen LogP contribution is -2.21. The molecule has 3 rings (SSSR count). The summed E-state index contributed by atoms with van der Waals surface area (Å²) in [7, 11) is 1.32. The molecule has 32 heavy (non-hydrogen) atoms. The van der Waals surface area contributed by atoms with Crippen molar-refractivity contribution in [3.8, 4) is 11.5 Å². The standard InChI is InChI=1S/C23H20N2O7/c1-30-21-13-18(25(28)29)11-12-20(21)24-22(26)15-32-23(27)17-9-7-16(8-10-17)14-31-19-5-3-2-4-6-19/h2-13H,14-15H2,1H3,(H,24,26). The highest BCUT2D eigenvalue weighted by Gasteiger charge is 2.15. The quantitative estimate of drug-likeness (QED) is 0.306. The van der Waals surface area contributed by atoms with E-state index in [2.05, 4.69) is 5.32 Å². The predicted octanol–water partition coefficient (Wildman–Crippen LogP) is 3.98. The van der Waals surface area contributed by atoms with Gasteiger partial charge in [0.15, 0.2) is 6.61 Å². The molecule has 0 aliphatic heterocycles. The van der Waals surface area contributed by atoms with E-state index in [4.69, 9.17) is 14.2 Å². The zero-order valence-electron chi connectivity index (χ0n) is 17.1. The number of carbonyl (C=O) groups is 2. The number of ether oxygens (including phenoxy) is 3. The van der Waals surface area contributed by atoms with Crippen molar-refractivity contribution in [2.24, 2.45) is 0 Å². The first-order chi connectivity index (χ1) is 15.5.